The van der Waals surface area contributed by atoms with Gasteiger partial charge in [0.05, 0.1) is 0 Å². The molecule has 0 saturated heterocycles. The summed E-state index contributed by atoms with van der Waals surface area (Å²) in [6.45, 7) is 17.7. The molecule has 16 rings (SSSR count). The number of para-hydroxylation sites is 2. The smallest absolute Gasteiger partial charge is 0.144 e. The highest BCUT2D eigenvalue weighted by Crippen LogP contribution is 2.55. The van der Waals surface area contributed by atoms with Crippen molar-refractivity contribution >= 4 is 111 Å². The molecule has 4 nitrogen and oxygen atoms in total. The maximum atomic E-state index is 7.08. The Kier molecular flexibility index (Phi) is 7.49. The summed E-state index contributed by atoms with van der Waals surface area (Å²) in [6, 6.07) is 56.9. The zero-order valence-corrected chi connectivity index (χ0v) is 40.2. The second kappa shape index (κ2) is 13.5. The molecular weight excluding hydrogens is 881 g/mol. The van der Waals surface area contributed by atoms with Gasteiger partial charge in [-0.1, -0.05) is 162 Å². The van der Waals surface area contributed by atoms with Crippen molar-refractivity contribution in [3.63, 3.8) is 0 Å². The lowest BCUT2D eigenvalue weighted by Gasteiger charge is -2.22. The number of hydrogen-bond donors (Lipinski definition) is 0. The molecule has 0 unspecified atom stereocenters. The summed E-state index contributed by atoms with van der Waals surface area (Å²) in [6.07, 6.45) is 3.94. The summed E-state index contributed by atoms with van der Waals surface area (Å²) < 4.78 is 28.0. The van der Waals surface area contributed by atoms with Gasteiger partial charge < -0.3 is 17.7 Å². The lowest BCUT2D eigenvalue weighted by Crippen LogP contribution is -2.27. The van der Waals surface area contributed by atoms with Gasteiger partial charge in [-0.05, 0) is 125 Å². The van der Waals surface area contributed by atoms with E-state index in [1.54, 1.807) is 0 Å². The zero-order chi connectivity index (χ0) is 48.1. The van der Waals surface area contributed by atoms with Crippen molar-refractivity contribution < 1.29 is 17.7 Å². The first kappa shape index (κ1) is 39.9. The van der Waals surface area contributed by atoms with Crippen LogP contribution in [0.2, 0.25) is 0 Å². The average Bonchev–Trinajstić information content (AvgIpc) is 4.23. The van der Waals surface area contributed by atoms with Gasteiger partial charge in [-0.3, -0.25) is 0 Å². The van der Waals surface area contributed by atoms with E-state index in [4.69, 9.17) is 17.7 Å². The van der Waals surface area contributed by atoms with Crippen LogP contribution in [0, 0.1) is 0 Å². The molecule has 4 heterocycles. The third-order valence-electron chi connectivity index (χ3n) is 16.7. The van der Waals surface area contributed by atoms with Crippen LogP contribution >= 0.6 is 0 Å². The molecule has 0 aliphatic heterocycles. The molecule has 0 radical (unpaired) electrons. The van der Waals surface area contributed by atoms with Crippen LogP contribution in [-0.4, -0.2) is 0 Å². The molecule has 0 saturated carbocycles. The van der Waals surface area contributed by atoms with E-state index >= 15 is 0 Å². The highest BCUT2D eigenvalue weighted by Gasteiger charge is 2.38. The minimum atomic E-state index is -0.238. The van der Waals surface area contributed by atoms with E-state index in [2.05, 4.69) is 193 Å². The van der Waals surface area contributed by atoms with E-state index in [0.29, 0.717) is 0 Å². The van der Waals surface area contributed by atoms with Gasteiger partial charge >= 0.3 is 0 Å². The molecule has 14 aromatic rings. The Hall–Kier alpha value is -8.86. The maximum Gasteiger partial charge on any atom is 0.144 e. The molecule has 0 N–H and O–H groups in total. The molecule has 2 aliphatic rings. The predicted molar refractivity (Wildman–Crippen MR) is 298 cm³/mol. The van der Waals surface area contributed by atoms with Gasteiger partial charge in [-0.2, -0.15) is 0 Å². The Labute approximate surface area is 413 Å². The van der Waals surface area contributed by atoms with E-state index in [0.717, 1.165) is 120 Å². The minimum absolute atomic E-state index is 0.193. The van der Waals surface area contributed by atoms with Gasteiger partial charge in [0.15, 0.2) is 0 Å². The van der Waals surface area contributed by atoms with Gasteiger partial charge in [-0.25, -0.2) is 0 Å². The van der Waals surface area contributed by atoms with Crippen molar-refractivity contribution in [3.05, 3.63) is 203 Å². The summed E-state index contributed by atoms with van der Waals surface area (Å²) in [5.41, 5.74) is 20.5. The molecule has 0 atom stereocenters. The van der Waals surface area contributed by atoms with E-state index in [-0.39, 0.29) is 10.8 Å². The van der Waals surface area contributed by atoms with Crippen LogP contribution in [0.3, 0.4) is 0 Å². The van der Waals surface area contributed by atoms with Crippen LogP contribution in [0.4, 0.5) is 0 Å². The molecule has 72 heavy (non-hydrogen) atoms. The monoisotopic (exact) mass is 924 g/mol. The lowest BCUT2D eigenvalue weighted by molar-refractivity contribution is 0.659. The molecule has 0 fully saturated rings. The first-order valence-corrected chi connectivity index (χ1v) is 24.9. The molecule has 340 valence electrons. The van der Waals surface area contributed by atoms with E-state index in [1.165, 1.54) is 55.3 Å². The Morgan fingerprint density at radius 3 is 1.46 bits per heavy atom. The number of benzene rings is 10. The minimum Gasteiger partial charge on any atom is -0.456 e. The van der Waals surface area contributed by atoms with Crippen LogP contribution in [0.25, 0.3) is 156 Å². The van der Waals surface area contributed by atoms with Gasteiger partial charge in [0.1, 0.15) is 44.7 Å². The summed E-state index contributed by atoms with van der Waals surface area (Å²) in [4.78, 5) is 0. The van der Waals surface area contributed by atoms with Crippen LogP contribution < -0.4 is 10.4 Å². The Morgan fingerprint density at radius 1 is 0.389 bits per heavy atom. The standard InChI is InChI=1S/C68H44O4/c1-7-14-39-35(2)21-27-49-59(39)41-25-22-37(29-51(41)67(49,3)4)45-31-57-61(63-43-17-10-12-19-53(43)71-65(45)63)47-33-56-48(34-55(47)69-57)62-58(70-56)32-46(66-64(62)44-18-11-13-20-54(44)72-66)38-23-26-42-52(30-38)68(5,6)50-28-24-36-15-8-9-16-40(36)60(42)50/h7-34H,1-2H2,3-6H3/b39-14+. The molecule has 4 heteroatoms. The van der Waals surface area contributed by atoms with Crippen LogP contribution in [0.5, 0.6) is 0 Å². The number of allylic oxidation sites excluding steroid dienone is 1. The lowest BCUT2D eigenvalue weighted by atomic mass is 9.81. The van der Waals surface area contributed by atoms with Gasteiger partial charge in [0, 0.05) is 65.0 Å². The van der Waals surface area contributed by atoms with Crippen LogP contribution in [0.1, 0.15) is 49.9 Å². The fraction of sp³-hybridized carbons (Fsp3) is 0.0882. The highest BCUT2D eigenvalue weighted by molar-refractivity contribution is 6.32. The van der Waals surface area contributed by atoms with Crippen LogP contribution in [-0.2, 0) is 10.8 Å². The SMILES string of the molecule is C=C/C=c1/c2c(ccc1=C)C(C)(C)c1cc(-c3cc4oc5cc6c(cc5c4c4c3oc3ccccc34)oc3cc(-c4ccc5c(c4)C(C)(C)c4ccc7ccccc7c4-5)c4oc5ccccc5c4c36)ccc1-2. The largest absolute Gasteiger partial charge is 0.456 e. The van der Waals surface area contributed by atoms with E-state index in [9.17, 15) is 0 Å². The first-order valence-electron chi connectivity index (χ1n) is 24.9. The van der Waals surface area contributed by atoms with Crippen molar-refractivity contribution in [2.24, 2.45) is 0 Å². The fourth-order valence-electron chi connectivity index (χ4n) is 13.3. The van der Waals surface area contributed by atoms with Crippen molar-refractivity contribution in [1.29, 1.82) is 0 Å². The fourth-order valence-corrected chi connectivity index (χ4v) is 13.3. The quantitative estimate of drug-likeness (QED) is 0.177. The van der Waals surface area contributed by atoms with Gasteiger partial charge in [0.25, 0.3) is 0 Å². The molecule has 0 amide bonds. The van der Waals surface area contributed by atoms with Crippen molar-refractivity contribution in [1.82, 2.24) is 0 Å². The average molecular weight is 925 g/mol. The summed E-state index contributed by atoms with van der Waals surface area (Å²) in [7, 11) is 0. The zero-order valence-electron chi connectivity index (χ0n) is 40.2. The van der Waals surface area contributed by atoms with E-state index < -0.39 is 0 Å². The molecule has 0 spiro atoms. The Balaban J connectivity index is 0.920. The summed E-state index contributed by atoms with van der Waals surface area (Å²) in [5.74, 6) is 0. The predicted octanol–water partition coefficient (Wildman–Crippen LogP) is 17.8. The Bertz CT molecular complexity index is 4960. The summed E-state index contributed by atoms with van der Waals surface area (Å²) in [5, 5.41) is 12.8. The molecule has 2 aliphatic carbocycles. The second-order valence-electron chi connectivity index (χ2n) is 21.2. The maximum absolute atomic E-state index is 7.08. The molecule has 0 bridgehead atoms. The normalized spacial score (nSPS) is 14.8. The number of hydrogen-bond acceptors (Lipinski definition) is 4. The van der Waals surface area contributed by atoms with Gasteiger partial charge in [-0.15, -0.1) is 0 Å². The molecule has 4 aromatic heterocycles. The third-order valence-corrected chi connectivity index (χ3v) is 16.7. The summed E-state index contributed by atoms with van der Waals surface area (Å²) >= 11 is 0. The third kappa shape index (κ3) is 4.96. The van der Waals surface area contributed by atoms with Crippen LogP contribution in [0.15, 0.2) is 188 Å². The van der Waals surface area contributed by atoms with Gasteiger partial charge in [0.2, 0.25) is 0 Å². The topological polar surface area (TPSA) is 52.6 Å². The number of furan rings is 4. The van der Waals surface area contributed by atoms with Crippen molar-refractivity contribution in [3.8, 4) is 44.5 Å². The molecule has 10 aromatic carbocycles. The van der Waals surface area contributed by atoms with E-state index in [1.807, 2.05) is 18.2 Å². The number of fused-ring (bicyclic) bond motifs is 22. The number of rotatable bonds is 3. The molecular formula is C68H44O4. The highest BCUT2D eigenvalue weighted by atomic mass is 16.3. The first-order chi connectivity index (χ1) is 35.1. The van der Waals surface area contributed by atoms with Crippen molar-refractivity contribution in [2.75, 3.05) is 0 Å². The van der Waals surface area contributed by atoms with Crippen molar-refractivity contribution in [2.45, 2.75) is 38.5 Å². The Morgan fingerprint density at radius 2 is 0.889 bits per heavy atom. The second-order valence-corrected chi connectivity index (χ2v) is 21.2.